The molecule has 0 fully saturated rings. The van der Waals surface area contributed by atoms with Gasteiger partial charge in [0.05, 0.1) is 0 Å². The van der Waals surface area contributed by atoms with Gasteiger partial charge in [-0.2, -0.15) is 0 Å². The van der Waals surface area contributed by atoms with Gasteiger partial charge in [0.2, 0.25) is 5.91 Å². The van der Waals surface area contributed by atoms with E-state index in [-0.39, 0.29) is 17.8 Å². The summed E-state index contributed by atoms with van der Waals surface area (Å²) in [5.41, 5.74) is 0. The molecular formula is C11H22ClNO. The van der Waals surface area contributed by atoms with Crippen molar-refractivity contribution in [2.75, 3.05) is 5.88 Å². The van der Waals surface area contributed by atoms with E-state index in [1.54, 1.807) is 0 Å². The number of carbonyl (C=O) groups excluding carboxylic acids is 1. The zero-order valence-electron chi connectivity index (χ0n) is 9.31. The first-order valence-corrected chi connectivity index (χ1v) is 6.09. The number of alkyl halides is 1. The number of nitrogens with one attached hydrogen (secondary N) is 1. The van der Waals surface area contributed by atoms with Crippen LogP contribution in [0.3, 0.4) is 0 Å². The van der Waals surface area contributed by atoms with Gasteiger partial charge in [-0.25, -0.2) is 0 Å². The maximum Gasteiger partial charge on any atom is 0.235 e. The largest absolute Gasteiger partial charge is 0.353 e. The van der Waals surface area contributed by atoms with Crippen molar-refractivity contribution in [3.05, 3.63) is 0 Å². The van der Waals surface area contributed by atoms with Crippen LogP contribution in [0.1, 0.15) is 52.4 Å². The molecule has 2 nitrogen and oxygen atoms in total. The molecule has 0 radical (unpaired) electrons. The lowest BCUT2D eigenvalue weighted by molar-refractivity contribution is -0.119. The molecule has 0 aromatic rings. The Balaban J connectivity index is 3.26. The highest BCUT2D eigenvalue weighted by Crippen LogP contribution is 2.06. The monoisotopic (exact) mass is 219 g/mol. The third-order valence-corrected chi connectivity index (χ3v) is 2.51. The van der Waals surface area contributed by atoms with E-state index in [1.807, 2.05) is 6.92 Å². The third kappa shape index (κ3) is 8.36. The zero-order chi connectivity index (χ0) is 10.8. The molecule has 14 heavy (non-hydrogen) atoms. The Labute approximate surface area is 92.4 Å². The molecule has 0 aliphatic heterocycles. The van der Waals surface area contributed by atoms with Gasteiger partial charge in [0.15, 0.2) is 0 Å². The second-order valence-electron chi connectivity index (χ2n) is 3.81. The maximum atomic E-state index is 10.9. The van der Waals surface area contributed by atoms with Gasteiger partial charge in [-0.05, 0) is 13.3 Å². The molecule has 3 heteroatoms. The Bertz CT molecular complexity index is 150. The Morgan fingerprint density at radius 2 is 1.93 bits per heavy atom. The van der Waals surface area contributed by atoms with Crippen molar-refractivity contribution in [1.29, 1.82) is 0 Å². The van der Waals surface area contributed by atoms with Crippen LogP contribution in [0.15, 0.2) is 0 Å². The van der Waals surface area contributed by atoms with Crippen molar-refractivity contribution < 1.29 is 4.79 Å². The van der Waals surface area contributed by atoms with Gasteiger partial charge in [-0.15, -0.1) is 11.6 Å². The summed E-state index contributed by atoms with van der Waals surface area (Å²) in [4.78, 5) is 10.9. The van der Waals surface area contributed by atoms with Crippen molar-refractivity contribution in [3.63, 3.8) is 0 Å². The Morgan fingerprint density at radius 1 is 1.29 bits per heavy atom. The highest BCUT2D eigenvalue weighted by molar-refractivity contribution is 6.27. The van der Waals surface area contributed by atoms with Gasteiger partial charge in [-0.1, -0.05) is 39.0 Å². The zero-order valence-corrected chi connectivity index (χ0v) is 10.1. The average molecular weight is 220 g/mol. The predicted molar refractivity (Wildman–Crippen MR) is 61.7 cm³/mol. The van der Waals surface area contributed by atoms with Crippen molar-refractivity contribution in [1.82, 2.24) is 5.32 Å². The van der Waals surface area contributed by atoms with Gasteiger partial charge in [-0.3, -0.25) is 4.79 Å². The summed E-state index contributed by atoms with van der Waals surface area (Å²) in [6, 6.07) is 0.267. The molecule has 0 aromatic heterocycles. The quantitative estimate of drug-likeness (QED) is 0.493. The predicted octanol–water partition coefficient (Wildman–Crippen LogP) is 3.09. The lowest BCUT2D eigenvalue weighted by Crippen LogP contribution is -2.33. The van der Waals surface area contributed by atoms with Crippen LogP contribution in [-0.2, 0) is 4.79 Å². The van der Waals surface area contributed by atoms with E-state index in [1.165, 1.54) is 32.1 Å². The summed E-state index contributed by atoms with van der Waals surface area (Å²) in [5.74, 6) is 0.00733. The van der Waals surface area contributed by atoms with Crippen LogP contribution < -0.4 is 5.32 Å². The Hall–Kier alpha value is -0.240. The summed E-state index contributed by atoms with van der Waals surface area (Å²) in [7, 11) is 0. The number of amides is 1. The van der Waals surface area contributed by atoms with Crippen LogP contribution >= 0.6 is 11.6 Å². The minimum Gasteiger partial charge on any atom is -0.353 e. The molecule has 0 saturated heterocycles. The molecular weight excluding hydrogens is 198 g/mol. The van der Waals surface area contributed by atoms with Crippen molar-refractivity contribution in [3.8, 4) is 0 Å². The molecule has 0 spiro atoms. The topological polar surface area (TPSA) is 29.1 Å². The first-order valence-electron chi connectivity index (χ1n) is 5.56. The summed E-state index contributed by atoms with van der Waals surface area (Å²) in [6.07, 6.45) is 7.44. The van der Waals surface area contributed by atoms with E-state index < -0.39 is 0 Å². The van der Waals surface area contributed by atoms with E-state index >= 15 is 0 Å². The molecule has 0 aliphatic carbocycles. The second-order valence-corrected chi connectivity index (χ2v) is 4.07. The van der Waals surface area contributed by atoms with Crippen molar-refractivity contribution in [2.45, 2.75) is 58.4 Å². The van der Waals surface area contributed by atoms with Gasteiger partial charge in [0, 0.05) is 6.04 Å². The number of carbonyl (C=O) groups is 1. The van der Waals surface area contributed by atoms with Crippen molar-refractivity contribution in [2.24, 2.45) is 0 Å². The van der Waals surface area contributed by atoms with Crippen LogP contribution in [0.4, 0.5) is 0 Å². The van der Waals surface area contributed by atoms with Gasteiger partial charge >= 0.3 is 0 Å². The van der Waals surface area contributed by atoms with E-state index in [2.05, 4.69) is 12.2 Å². The third-order valence-electron chi connectivity index (χ3n) is 2.27. The fourth-order valence-corrected chi connectivity index (χ4v) is 1.52. The van der Waals surface area contributed by atoms with E-state index in [4.69, 9.17) is 11.6 Å². The van der Waals surface area contributed by atoms with E-state index in [0.717, 1.165) is 6.42 Å². The highest BCUT2D eigenvalue weighted by atomic mass is 35.5. The average Bonchev–Trinajstić information content (AvgIpc) is 2.17. The summed E-state index contributed by atoms with van der Waals surface area (Å²) in [6.45, 7) is 4.24. The molecule has 0 aromatic carbocycles. The van der Waals surface area contributed by atoms with Gasteiger partial charge < -0.3 is 5.32 Å². The van der Waals surface area contributed by atoms with Crippen LogP contribution in [-0.4, -0.2) is 17.8 Å². The Morgan fingerprint density at radius 3 is 2.50 bits per heavy atom. The molecule has 1 amide bonds. The molecule has 0 aliphatic rings. The molecule has 1 N–H and O–H groups in total. The van der Waals surface area contributed by atoms with Crippen molar-refractivity contribution >= 4 is 17.5 Å². The molecule has 0 saturated carbocycles. The number of halogens is 1. The minimum absolute atomic E-state index is 0.0623. The lowest BCUT2D eigenvalue weighted by atomic mass is 10.1. The molecule has 0 heterocycles. The molecule has 0 bridgehead atoms. The molecule has 0 unspecified atom stereocenters. The fourth-order valence-electron chi connectivity index (χ4n) is 1.44. The van der Waals surface area contributed by atoms with Gasteiger partial charge in [0.1, 0.15) is 5.88 Å². The van der Waals surface area contributed by atoms with Gasteiger partial charge in [0.25, 0.3) is 0 Å². The standard InChI is InChI=1S/C11H22ClNO/c1-3-4-5-6-7-8-10(2)13-11(14)9-12/h10H,3-9H2,1-2H3,(H,13,14)/t10-/m0/s1. The second kappa shape index (κ2) is 9.32. The van der Waals surface area contributed by atoms with Crippen LogP contribution in [0.25, 0.3) is 0 Å². The smallest absolute Gasteiger partial charge is 0.235 e. The number of hydrogen-bond donors (Lipinski definition) is 1. The van der Waals surface area contributed by atoms with E-state index in [0.29, 0.717) is 0 Å². The van der Waals surface area contributed by atoms with Crippen LogP contribution in [0.5, 0.6) is 0 Å². The summed E-state index contributed by atoms with van der Waals surface area (Å²) < 4.78 is 0. The van der Waals surface area contributed by atoms with Crippen LogP contribution in [0.2, 0.25) is 0 Å². The number of unbranched alkanes of at least 4 members (excludes halogenated alkanes) is 4. The normalized spacial score (nSPS) is 12.5. The molecule has 0 rings (SSSR count). The fraction of sp³-hybridized carbons (Fsp3) is 0.909. The highest BCUT2D eigenvalue weighted by Gasteiger charge is 2.04. The van der Waals surface area contributed by atoms with Crippen LogP contribution in [0, 0.1) is 0 Å². The van der Waals surface area contributed by atoms with E-state index in [9.17, 15) is 4.79 Å². The molecule has 84 valence electrons. The first-order chi connectivity index (χ1) is 6.70. The molecule has 1 atom stereocenters. The maximum absolute atomic E-state index is 10.9. The summed E-state index contributed by atoms with van der Waals surface area (Å²) in [5, 5.41) is 2.85. The SMILES string of the molecule is CCCCCCC[C@H](C)NC(=O)CCl. The minimum atomic E-state index is -0.0623. The number of hydrogen-bond acceptors (Lipinski definition) is 1. The Kier molecular flexibility index (Phi) is 9.16. The first kappa shape index (κ1) is 13.8. The summed E-state index contributed by atoms with van der Waals surface area (Å²) >= 11 is 5.39. The number of rotatable bonds is 8. The lowest BCUT2D eigenvalue weighted by Gasteiger charge is -2.12.